The molecule has 8 heteroatoms. The SMILES string of the molecule is N#Cc1ccc(OCC(=O)Nc2ccc(F)c(-c3nnc4n3CCCCC4)c2)cc1. The molecule has 0 atom stereocenters. The van der Waals surface area contributed by atoms with Crippen molar-refractivity contribution >= 4 is 11.6 Å². The number of fused-ring (bicyclic) bond motifs is 1. The Balaban J connectivity index is 1.46. The van der Waals surface area contributed by atoms with Gasteiger partial charge in [-0.05, 0) is 55.3 Å². The Morgan fingerprint density at radius 1 is 1.17 bits per heavy atom. The van der Waals surface area contributed by atoms with Crippen LogP contribution < -0.4 is 10.1 Å². The predicted molar refractivity (Wildman–Crippen MR) is 108 cm³/mol. The van der Waals surface area contributed by atoms with Crippen molar-refractivity contribution in [1.29, 1.82) is 5.26 Å². The van der Waals surface area contributed by atoms with Gasteiger partial charge in [0, 0.05) is 18.7 Å². The predicted octanol–water partition coefficient (Wildman–Crippen LogP) is 3.70. The fourth-order valence-electron chi connectivity index (χ4n) is 3.43. The maximum Gasteiger partial charge on any atom is 0.262 e. The fraction of sp³-hybridized carbons (Fsp3) is 0.273. The lowest BCUT2D eigenvalue weighted by Crippen LogP contribution is -2.20. The Kier molecular flexibility index (Phi) is 5.70. The highest BCUT2D eigenvalue weighted by atomic mass is 19.1. The minimum Gasteiger partial charge on any atom is -0.484 e. The van der Waals surface area contributed by atoms with Crippen LogP contribution in [0.2, 0.25) is 0 Å². The zero-order chi connectivity index (χ0) is 20.9. The first-order valence-electron chi connectivity index (χ1n) is 9.79. The average molecular weight is 405 g/mol. The first kappa shape index (κ1) is 19.6. The number of aromatic nitrogens is 3. The van der Waals surface area contributed by atoms with Crippen LogP contribution in [0.4, 0.5) is 10.1 Å². The topological polar surface area (TPSA) is 92.8 Å². The number of halogens is 1. The van der Waals surface area contributed by atoms with E-state index < -0.39 is 5.82 Å². The molecule has 0 saturated carbocycles. The van der Waals surface area contributed by atoms with Crippen LogP contribution in [0.25, 0.3) is 11.4 Å². The summed E-state index contributed by atoms with van der Waals surface area (Å²) in [5.74, 6) is 1.04. The Morgan fingerprint density at radius 3 is 2.80 bits per heavy atom. The summed E-state index contributed by atoms with van der Waals surface area (Å²) in [6, 6.07) is 12.9. The number of hydrogen-bond acceptors (Lipinski definition) is 5. The summed E-state index contributed by atoms with van der Waals surface area (Å²) in [7, 11) is 0. The molecule has 1 amide bonds. The molecule has 1 aliphatic heterocycles. The van der Waals surface area contributed by atoms with Crippen molar-refractivity contribution in [3.8, 4) is 23.2 Å². The Morgan fingerprint density at radius 2 is 2.00 bits per heavy atom. The molecule has 0 fully saturated rings. The van der Waals surface area contributed by atoms with E-state index in [9.17, 15) is 9.18 Å². The van der Waals surface area contributed by atoms with Gasteiger partial charge >= 0.3 is 0 Å². The van der Waals surface area contributed by atoms with E-state index >= 15 is 0 Å². The number of carbonyl (C=O) groups excluding carboxylic acids is 1. The molecule has 1 N–H and O–H groups in total. The zero-order valence-corrected chi connectivity index (χ0v) is 16.3. The first-order chi connectivity index (χ1) is 14.6. The fourth-order valence-corrected chi connectivity index (χ4v) is 3.43. The van der Waals surface area contributed by atoms with Crippen molar-refractivity contribution < 1.29 is 13.9 Å². The van der Waals surface area contributed by atoms with Gasteiger partial charge in [-0.25, -0.2) is 4.39 Å². The number of benzene rings is 2. The van der Waals surface area contributed by atoms with Crippen LogP contribution >= 0.6 is 0 Å². The number of anilines is 1. The van der Waals surface area contributed by atoms with Crippen molar-refractivity contribution in [3.63, 3.8) is 0 Å². The van der Waals surface area contributed by atoms with Crippen molar-refractivity contribution in [1.82, 2.24) is 14.8 Å². The van der Waals surface area contributed by atoms with Crippen LogP contribution in [0.3, 0.4) is 0 Å². The van der Waals surface area contributed by atoms with E-state index in [0.717, 1.165) is 38.1 Å². The van der Waals surface area contributed by atoms with E-state index in [2.05, 4.69) is 15.5 Å². The van der Waals surface area contributed by atoms with Crippen molar-refractivity contribution in [2.24, 2.45) is 0 Å². The average Bonchev–Trinajstić information content (AvgIpc) is 3.01. The number of nitrogens with zero attached hydrogens (tertiary/aromatic N) is 4. The quantitative estimate of drug-likeness (QED) is 0.699. The highest BCUT2D eigenvalue weighted by molar-refractivity contribution is 5.92. The lowest BCUT2D eigenvalue weighted by Gasteiger charge is -2.11. The molecule has 2 heterocycles. The third kappa shape index (κ3) is 4.30. The van der Waals surface area contributed by atoms with Crippen molar-refractivity contribution in [2.75, 3.05) is 11.9 Å². The van der Waals surface area contributed by atoms with Gasteiger partial charge in [-0.2, -0.15) is 5.26 Å². The van der Waals surface area contributed by atoms with Crippen LogP contribution in [-0.2, 0) is 17.8 Å². The molecule has 4 rings (SSSR count). The summed E-state index contributed by atoms with van der Waals surface area (Å²) in [5.41, 5.74) is 1.27. The lowest BCUT2D eigenvalue weighted by molar-refractivity contribution is -0.118. The minimum atomic E-state index is -0.415. The number of nitriles is 1. The second-order valence-electron chi connectivity index (χ2n) is 7.07. The Hall–Kier alpha value is -3.73. The van der Waals surface area contributed by atoms with Crippen LogP contribution in [0, 0.1) is 17.1 Å². The van der Waals surface area contributed by atoms with E-state index in [0.29, 0.717) is 28.4 Å². The largest absolute Gasteiger partial charge is 0.484 e. The smallest absolute Gasteiger partial charge is 0.262 e. The molecule has 0 radical (unpaired) electrons. The van der Waals surface area contributed by atoms with Gasteiger partial charge in [0.25, 0.3) is 5.91 Å². The van der Waals surface area contributed by atoms with E-state index in [1.807, 2.05) is 10.6 Å². The normalized spacial score (nSPS) is 13.1. The van der Waals surface area contributed by atoms with Gasteiger partial charge in [0.15, 0.2) is 12.4 Å². The number of rotatable bonds is 5. The van der Waals surface area contributed by atoms with Crippen LogP contribution in [0.1, 0.15) is 30.7 Å². The van der Waals surface area contributed by atoms with E-state index in [1.54, 1.807) is 30.3 Å². The molecule has 0 spiro atoms. The number of hydrogen-bond donors (Lipinski definition) is 1. The van der Waals surface area contributed by atoms with E-state index in [4.69, 9.17) is 10.00 Å². The van der Waals surface area contributed by atoms with Gasteiger partial charge in [-0.1, -0.05) is 6.42 Å². The Labute approximate surface area is 173 Å². The molecule has 7 nitrogen and oxygen atoms in total. The number of aryl methyl sites for hydroxylation is 1. The monoisotopic (exact) mass is 405 g/mol. The number of ether oxygens (including phenoxy) is 1. The maximum absolute atomic E-state index is 14.5. The van der Waals surface area contributed by atoms with Crippen LogP contribution in [0.15, 0.2) is 42.5 Å². The summed E-state index contributed by atoms with van der Waals surface area (Å²) < 4.78 is 21.9. The summed E-state index contributed by atoms with van der Waals surface area (Å²) in [5, 5.41) is 19.9. The molecule has 1 aliphatic rings. The molecule has 1 aromatic heterocycles. The van der Waals surface area contributed by atoms with E-state index in [1.165, 1.54) is 12.1 Å². The van der Waals surface area contributed by atoms with Gasteiger partial charge in [0.05, 0.1) is 17.2 Å². The van der Waals surface area contributed by atoms with Gasteiger partial charge in [0.1, 0.15) is 17.4 Å². The maximum atomic E-state index is 14.5. The number of amides is 1. The third-order valence-electron chi connectivity index (χ3n) is 4.95. The molecular formula is C22H20FN5O2. The molecule has 2 aromatic carbocycles. The molecule has 3 aromatic rings. The van der Waals surface area contributed by atoms with Gasteiger partial charge < -0.3 is 14.6 Å². The minimum absolute atomic E-state index is 0.209. The van der Waals surface area contributed by atoms with Gasteiger partial charge in [-0.15, -0.1) is 10.2 Å². The highest BCUT2D eigenvalue weighted by Crippen LogP contribution is 2.27. The van der Waals surface area contributed by atoms with Crippen molar-refractivity contribution in [3.05, 3.63) is 59.7 Å². The molecule has 152 valence electrons. The third-order valence-corrected chi connectivity index (χ3v) is 4.95. The first-order valence-corrected chi connectivity index (χ1v) is 9.79. The lowest BCUT2D eigenvalue weighted by atomic mass is 10.1. The van der Waals surface area contributed by atoms with Crippen LogP contribution in [0.5, 0.6) is 5.75 Å². The second-order valence-corrected chi connectivity index (χ2v) is 7.07. The highest BCUT2D eigenvalue weighted by Gasteiger charge is 2.19. The second kappa shape index (κ2) is 8.74. The molecule has 0 bridgehead atoms. The molecule has 0 saturated heterocycles. The molecular weight excluding hydrogens is 385 g/mol. The van der Waals surface area contributed by atoms with Crippen molar-refractivity contribution in [2.45, 2.75) is 32.2 Å². The number of carbonyl (C=O) groups is 1. The van der Waals surface area contributed by atoms with Gasteiger partial charge in [0.2, 0.25) is 0 Å². The summed E-state index contributed by atoms with van der Waals surface area (Å²) in [6.07, 6.45) is 4.00. The van der Waals surface area contributed by atoms with Crippen LogP contribution in [-0.4, -0.2) is 27.3 Å². The van der Waals surface area contributed by atoms with E-state index in [-0.39, 0.29) is 12.5 Å². The molecule has 0 aliphatic carbocycles. The summed E-state index contributed by atoms with van der Waals surface area (Å²) >= 11 is 0. The standard InChI is InChI=1S/C22H20FN5O2/c23-19-10-7-16(25-21(29)14-30-17-8-5-15(13-24)6-9-17)12-18(19)22-27-26-20-4-2-1-3-11-28(20)22/h5-10,12H,1-4,11,14H2,(H,25,29). The zero-order valence-electron chi connectivity index (χ0n) is 16.3. The van der Waals surface area contributed by atoms with Gasteiger partial charge in [-0.3, -0.25) is 4.79 Å². The number of nitrogens with one attached hydrogen (secondary N) is 1. The molecule has 30 heavy (non-hydrogen) atoms. The Bertz CT molecular complexity index is 1100. The molecule has 0 unspecified atom stereocenters. The summed E-state index contributed by atoms with van der Waals surface area (Å²) in [4.78, 5) is 12.3. The summed E-state index contributed by atoms with van der Waals surface area (Å²) in [6.45, 7) is 0.547.